The van der Waals surface area contributed by atoms with Gasteiger partial charge in [0.2, 0.25) is 0 Å². The first-order valence-electron chi connectivity index (χ1n) is 3.07. The Balaban J connectivity index is 3.80. The van der Waals surface area contributed by atoms with Crippen molar-refractivity contribution in [2.45, 2.75) is 17.3 Å². The predicted octanol–water partition coefficient (Wildman–Crippen LogP) is 2.09. The maximum atomic E-state index is 10.4. The van der Waals surface area contributed by atoms with Crippen molar-refractivity contribution in [2.75, 3.05) is 0 Å². The van der Waals surface area contributed by atoms with Crippen LogP contribution in [0.15, 0.2) is 12.7 Å². The summed E-state index contributed by atoms with van der Waals surface area (Å²) in [5.74, 6) is -1.01. The van der Waals surface area contributed by atoms with Crippen molar-refractivity contribution in [1.82, 2.24) is 0 Å². The summed E-state index contributed by atoms with van der Waals surface area (Å²) < 4.78 is 0.160. The van der Waals surface area contributed by atoms with Crippen molar-refractivity contribution >= 4 is 28.6 Å². The van der Waals surface area contributed by atoms with Gasteiger partial charge >= 0.3 is 5.97 Å². The van der Waals surface area contributed by atoms with E-state index in [0.717, 1.165) is 6.42 Å². The quantitative estimate of drug-likeness (QED) is 0.473. The Bertz CT molecular complexity index is 134. The highest BCUT2D eigenvalue weighted by Crippen LogP contribution is 2.17. The van der Waals surface area contributed by atoms with Gasteiger partial charge in [0.05, 0.1) is 5.92 Å². The fourth-order valence-corrected chi connectivity index (χ4v) is 1.19. The number of alkyl halides is 1. The smallest absolute Gasteiger partial charge is 0.307 e. The van der Waals surface area contributed by atoms with E-state index in [9.17, 15) is 4.79 Å². The third-order valence-electron chi connectivity index (χ3n) is 1.32. The highest BCUT2D eigenvalue weighted by atomic mass is 127. The molecule has 58 valence electrons. The SMILES string of the molecule is C=CCC(I)C(C)C(=O)O. The first kappa shape index (κ1) is 9.94. The summed E-state index contributed by atoms with van der Waals surface area (Å²) in [5.41, 5.74) is 0. The lowest BCUT2D eigenvalue weighted by Crippen LogP contribution is -2.19. The molecule has 0 saturated carbocycles. The summed E-state index contributed by atoms with van der Waals surface area (Å²) in [6.45, 7) is 5.26. The average Bonchev–Trinajstić information content (AvgIpc) is 1.87. The van der Waals surface area contributed by atoms with E-state index in [2.05, 4.69) is 29.2 Å². The second-order valence-electron chi connectivity index (χ2n) is 2.17. The van der Waals surface area contributed by atoms with Gasteiger partial charge in [-0.15, -0.1) is 6.58 Å². The van der Waals surface area contributed by atoms with Crippen molar-refractivity contribution < 1.29 is 9.90 Å². The number of hydrogen-bond acceptors (Lipinski definition) is 1. The fourth-order valence-electron chi connectivity index (χ4n) is 0.518. The molecule has 0 aliphatic rings. The molecule has 0 aliphatic carbocycles. The van der Waals surface area contributed by atoms with E-state index >= 15 is 0 Å². The van der Waals surface area contributed by atoms with E-state index in [1.807, 2.05) is 0 Å². The Morgan fingerprint density at radius 2 is 2.40 bits per heavy atom. The van der Waals surface area contributed by atoms with Crippen LogP contribution in [0.3, 0.4) is 0 Å². The summed E-state index contributed by atoms with van der Waals surface area (Å²) in [5, 5.41) is 8.54. The molecule has 0 heterocycles. The van der Waals surface area contributed by atoms with E-state index < -0.39 is 5.97 Å². The molecule has 0 aromatic carbocycles. The zero-order valence-electron chi connectivity index (χ0n) is 5.88. The van der Waals surface area contributed by atoms with Crippen LogP contribution in [-0.2, 0) is 4.79 Å². The normalized spacial score (nSPS) is 15.8. The number of carboxylic acids is 1. The predicted molar refractivity (Wildman–Crippen MR) is 49.4 cm³/mol. The van der Waals surface area contributed by atoms with Crippen LogP contribution in [0.5, 0.6) is 0 Å². The van der Waals surface area contributed by atoms with Crippen LogP contribution in [0.25, 0.3) is 0 Å². The topological polar surface area (TPSA) is 37.3 Å². The number of carboxylic acid groups (broad SMARTS) is 1. The Morgan fingerprint density at radius 3 is 2.70 bits per heavy atom. The summed E-state index contributed by atoms with van der Waals surface area (Å²) in [4.78, 5) is 10.4. The number of halogens is 1. The molecule has 0 fully saturated rings. The zero-order chi connectivity index (χ0) is 8.15. The molecule has 0 radical (unpaired) electrons. The molecular formula is C7H11IO2. The van der Waals surface area contributed by atoms with Crippen LogP contribution in [0.4, 0.5) is 0 Å². The van der Waals surface area contributed by atoms with Gasteiger partial charge < -0.3 is 5.11 Å². The maximum Gasteiger partial charge on any atom is 0.307 e. The molecule has 0 saturated heterocycles. The van der Waals surface area contributed by atoms with Gasteiger partial charge in [0.1, 0.15) is 0 Å². The third-order valence-corrected chi connectivity index (χ3v) is 2.91. The summed E-state index contributed by atoms with van der Waals surface area (Å²) in [7, 11) is 0. The second-order valence-corrected chi connectivity index (χ2v) is 3.77. The van der Waals surface area contributed by atoms with E-state index in [1.165, 1.54) is 0 Å². The molecule has 2 nitrogen and oxygen atoms in total. The average molecular weight is 254 g/mol. The number of allylic oxidation sites excluding steroid dienone is 1. The third kappa shape index (κ3) is 3.20. The maximum absolute atomic E-state index is 10.4. The number of carbonyl (C=O) groups is 1. The lowest BCUT2D eigenvalue weighted by Gasteiger charge is -2.10. The van der Waals surface area contributed by atoms with Gasteiger partial charge in [-0.05, 0) is 6.42 Å². The van der Waals surface area contributed by atoms with Crippen molar-refractivity contribution in [3.63, 3.8) is 0 Å². The zero-order valence-corrected chi connectivity index (χ0v) is 8.04. The van der Waals surface area contributed by atoms with Gasteiger partial charge in [-0.2, -0.15) is 0 Å². The molecular weight excluding hydrogens is 243 g/mol. The molecule has 0 bridgehead atoms. The highest BCUT2D eigenvalue weighted by Gasteiger charge is 2.18. The van der Waals surface area contributed by atoms with Gasteiger partial charge in [0.25, 0.3) is 0 Å². The lowest BCUT2D eigenvalue weighted by atomic mass is 10.1. The number of aliphatic carboxylic acids is 1. The van der Waals surface area contributed by atoms with Crippen LogP contribution >= 0.6 is 22.6 Å². The van der Waals surface area contributed by atoms with E-state index in [1.54, 1.807) is 13.0 Å². The van der Waals surface area contributed by atoms with Gasteiger partial charge in [-0.1, -0.05) is 35.6 Å². The van der Waals surface area contributed by atoms with Crippen molar-refractivity contribution in [3.05, 3.63) is 12.7 Å². The van der Waals surface area contributed by atoms with E-state index in [0.29, 0.717) is 0 Å². The van der Waals surface area contributed by atoms with Gasteiger partial charge in [0, 0.05) is 3.92 Å². The fraction of sp³-hybridized carbons (Fsp3) is 0.571. The minimum atomic E-state index is -0.735. The monoisotopic (exact) mass is 254 g/mol. The number of hydrogen-bond donors (Lipinski definition) is 1. The molecule has 0 spiro atoms. The van der Waals surface area contributed by atoms with E-state index in [4.69, 9.17) is 5.11 Å². The molecule has 0 aliphatic heterocycles. The summed E-state index contributed by atoms with van der Waals surface area (Å²) in [6, 6.07) is 0. The molecule has 2 atom stereocenters. The molecule has 0 amide bonds. The summed E-state index contributed by atoms with van der Waals surface area (Å²) in [6.07, 6.45) is 2.50. The van der Waals surface area contributed by atoms with Crippen molar-refractivity contribution in [3.8, 4) is 0 Å². The highest BCUT2D eigenvalue weighted by molar-refractivity contribution is 14.1. The van der Waals surface area contributed by atoms with Crippen molar-refractivity contribution in [1.29, 1.82) is 0 Å². The largest absolute Gasteiger partial charge is 0.481 e. The van der Waals surface area contributed by atoms with Crippen LogP contribution in [-0.4, -0.2) is 15.0 Å². The molecule has 1 N–H and O–H groups in total. The number of rotatable bonds is 4. The van der Waals surface area contributed by atoms with Crippen LogP contribution in [0.2, 0.25) is 0 Å². The molecule has 2 unspecified atom stereocenters. The first-order chi connectivity index (χ1) is 4.59. The Labute approximate surface area is 74.5 Å². The first-order valence-corrected chi connectivity index (χ1v) is 4.32. The lowest BCUT2D eigenvalue weighted by molar-refractivity contribution is -0.140. The minimum Gasteiger partial charge on any atom is -0.481 e. The van der Waals surface area contributed by atoms with Crippen molar-refractivity contribution in [2.24, 2.45) is 5.92 Å². The second kappa shape index (κ2) is 4.71. The minimum absolute atomic E-state index is 0.160. The van der Waals surface area contributed by atoms with Gasteiger partial charge in [0.15, 0.2) is 0 Å². The molecule has 0 rings (SSSR count). The Kier molecular flexibility index (Phi) is 4.68. The standard InChI is InChI=1S/C7H11IO2/c1-3-4-6(8)5(2)7(9)10/h3,5-6H,1,4H2,2H3,(H,9,10). The van der Waals surface area contributed by atoms with E-state index in [-0.39, 0.29) is 9.84 Å². The van der Waals surface area contributed by atoms with Gasteiger partial charge in [-0.25, -0.2) is 0 Å². The van der Waals surface area contributed by atoms with Crippen LogP contribution in [0.1, 0.15) is 13.3 Å². The van der Waals surface area contributed by atoms with Crippen LogP contribution < -0.4 is 0 Å². The molecule has 3 heteroatoms. The Hall–Kier alpha value is -0.0600. The summed E-state index contributed by atoms with van der Waals surface area (Å²) >= 11 is 2.13. The molecule has 0 aromatic rings. The van der Waals surface area contributed by atoms with Crippen LogP contribution in [0, 0.1) is 5.92 Å². The molecule has 0 aromatic heterocycles. The molecule has 10 heavy (non-hydrogen) atoms. The van der Waals surface area contributed by atoms with Gasteiger partial charge in [-0.3, -0.25) is 4.79 Å². The Morgan fingerprint density at radius 1 is 1.90 bits per heavy atom.